The molecule has 0 N–H and O–H groups in total. The van der Waals surface area contributed by atoms with Gasteiger partial charge in [0.25, 0.3) is 0 Å². The summed E-state index contributed by atoms with van der Waals surface area (Å²) in [6, 6.07) is 0. The molecule has 0 aromatic rings. The molecule has 3 fully saturated rings. The summed E-state index contributed by atoms with van der Waals surface area (Å²) in [6.45, 7) is 6.94. The highest BCUT2D eigenvalue weighted by molar-refractivity contribution is 4.77. The van der Waals surface area contributed by atoms with Crippen LogP contribution < -0.4 is 0 Å². The van der Waals surface area contributed by atoms with E-state index >= 15 is 0 Å². The Balaban J connectivity index is 1.36. The molecular formula is C24H44O8. The van der Waals surface area contributed by atoms with Crippen molar-refractivity contribution in [1.82, 2.24) is 0 Å². The minimum atomic E-state index is 0.151. The van der Waals surface area contributed by atoms with Gasteiger partial charge in [0.1, 0.15) is 0 Å². The van der Waals surface area contributed by atoms with Gasteiger partial charge in [0, 0.05) is 0 Å². The van der Waals surface area contributed by atoms with Gasteiger partial charge in [-0.05, 0) is 25.7 Å². The van der Waals surface area contributed by atoms with Crippen molar-refractivity contribution >= 4 is 0 Å². The van der Waals surface area contributed by atoms with Crippen molar-refractivity contribution in [3.63, 3.8) is 0 Å². The zero-order chi connectivity index (χ0) is 22.1. The first-order chi connectivity index (χ1) is 15.9. The highest BCUT2D eigenvalue weighted by atomic mass is 16.6. The van der Waals surface area contributed by atoms with E-state index in [9.17, 15) is 0 Å². The van der Waals surface area contributed by atoms with Gasteiger partial charge in [-0.15, -0.1) is 0 Å². The van der Waals surface area contributed by atoms with Crippen LogP contribution in [-0.2, 0) is 37.9 Å². The molecule has 1 heterocycles. The topological polar surface area (TPSA) is 73.8 Å². The van der Waals surface area contributed by atoms with Crippen LogP contribution in [0.15, 0.2) is 0 Å². The van der Waals surface area contributed by atoms with Crippen LogP contribution in [0.4, 0.5) is 0 Å². The third-order valence-electron chi connectivity index (χ3n) is 6.27. The molecule has 0 bridgehead atoms. The molecule has 3 aliphatic rings. The monoisotopic (exact) mass is 460 g/mol. The fraction of sp³-hybridized carbons (Fsp3) is 1.00. The molecule has 2 saturated carbocycles. The molecule has 4 atom stereocenters. The standard InChI is InChI=1S/C24H44O8/c1-2-6-22-21(5-1)29-17-13-25-9-10-27-15-19-31-23-7-3-4-8-24(23)32-20-16-28-12-11-26-14-18-30-22/h21-24H,1-20H2/t21-,22+,23-,24+. The van der Waals surface area contributed by atoms with Crippen LogP contribution in [0.2, 0.25) is 0 Å². The average molecular weight is 461 g/mol. The zero-order valence-corrected chi connectivity index (χ0v) is 19.7. The molecular weight excluding hydrogens is 416 g/mol. The largest absolute Gasteiger partial charge is 0.377 e. The van der Waals surface area contributed by atoms with E-state index in [1.54, 1.807) is 0 Å². The molecule has 0 unspecified atom stereocenters. The van der Waals surface area contributed by atoms with Crippen molar-refractivity contribution in [2.75, 3.05) is 79.3 Å². The van der Waals surface area contributed by atoms with Crippen molar-refractivity contribution in [2.24, 2.45) is 0 Å². The Bertz CT molecular complexity index is 372. The maximum Gasteiger partial charge on any atom is 0.0837 e. The number of fused-ring (bicyclic) bond motifs is 2. The van der Waals surface area contributed by atoms with Gasteiger partial charge < -0.3 is 37.9 Å². The molecule has 1 saturated heterocycles. The number of hydrogen-bond acceptors (Lipinski definition) is 8. The minimum Gasteiger partial charge on any atom is -0.377 e. The molecule has 0 amide bonds. The predicted molar refractivity (Wildman–Crippen MR) is 119 cm³/mol. The normalized spacial score (nSPS) is 34.5. The first kappa shape index (κ1) is 26.3. The number of hydrogen-bond donors (Lipinski definition) is 0. The molecule has 3 rings (SSSR count). The second kappa shape index (κ2) is 17.2. The van der Waals surface area contributed by atoms with Crippen LogP contribution in [0, 0.1) is 0 Å². The highest BCUT2D eigenvalue weighted by Crippen LogP contribution is 2.24. The Labute approximate surface area is 193 Å². The minimum absolute atomic E-state index is 0.151. The van der Waals surface area contributed by atoms with Crippen molar-refractivity contribution in [2.45, 2.75) is 75.8 Å². The van der Waals surface area contributed by atoms with Crippen LogP contribution in [0.1, 0.15) is 51.4 Å². The van der Waals surface area contributed by atoms with Crippen molar-refractivity contribution < 1.29 is 37.9 Å². The van der Waals surface area contributed by atoms with Gasteiger partial charge in [0.05, 0.1) is 104 Å². The molecule has 8 nitrogen and oxygen atoms in total. The maximum atomic E-state index is 6.05. The van der Waals surface area contributed by atoms with E-state index in [-0.39, 0.29) is 24.4 Å². The van der Waals surface area contributed by atoms with E-state index in [2.05, 4.69) is 0 Å². The van der Waals surface area contributed by atoms with E-state index in [1.807, 2.05) is 0 Å². The third-order valence-corrected chi connectivity index (χ3v) is 6.27. The number of rotatable bonds is 0. The van der Waals surface area contributed by atoms with Crippen LogP contribution in [0.5, 0.6) is 0 Å². The van der Waals surface area contributed by atoms with E-state index in [0.29, 0.717) is 79.3 Å². The lowest BCUT2D eigenvalue weighted by molar-refractivity contribution is -0.119. The van der Waals surface area contributed by atoms with Crippen molar-refractivity contribution in [3.05, 3.63) is 0 Å². The molecule has 0 aromatic heterocycles. The fourth-order valence-corrected chi connectivity index (χ4v) is 4.57. The summed E-state index contributed by atoms with van der Waals surface area (Å²) >= 11 is 0. The molecule has 2 aliphatic carbocycles. The Morgan fingerprint density at radius 3 is 0.750 bits per heavy atom. The second-order valence-electron chi connectivity index (χ2n) is 8.66. The number of ether oxygens (including phenoxy) is 8. The summed E-state index contributed by atoms with van der Waals surface area (Å²) in [5.74, 6) is 0. The van der Waals surface area contributed by atoms with Gasteiger partial charge >= 0.3 is 0 Å². The first-order valence-electron chi connectivity index (χ1n) is 12.7. The molecule has 188 valence electrons. The van der Waals surface area contributed by atoms with Crippen LogP contribution in [0.25, 0.3) is 0 Å². The Morgan fingerprint density at radius 2 is 0.500 bits per heavy atom. The summed E-state index contributed by atoms with van der Waals surface area (Å²) in [4.78, 5) is 0. The summed E-state index contributed by atoms with van der Waals surface area (Å²) in [7, 11) is 0. The van der Waals surface area contributed by atoms with E-state index < -0.39 is 0 Å². The van der Waals surface area contributed by atoms with E-state index in [0.717, 1.165) is 25.7 Å². The Morgan fingerprint density at radius 1 is 0.281 bits per heavy atom. The van der Waals surface area contributed by atoms with Crippen LogP contribution >= 0.6 is 0 Å². The van der Waals surface area contributed by atoms with Crippen molar-refractivity contribution in [3.8, 4) is 0 Å². The Kier molecular flexibility index (Phi) is 14.1. The highest BCUT2D eigenvalue weighted by Gasteiger charge is 2.27. The average Bonchev–Trinajstić information content (AvgIpc) is 2.82. The zero-order valence-electron chi connectivity index (χ0n) is 19.7. The second-order valence-corrected chi connectivity index (χ2v) is 8.66. The smallest absolute Gasteiger partial charge is 0.0837 e. The Hall–Kier alpha value is -0.320. The van der Waals surface area contributed by atoms with Gasteiger partial charge in [-0.1, -0.05) is 25.7 Å². The fourth-order valence-electron chi connectivity index (χ4n) is 4.57. The van der Waals surface area contributed by atoms with Gasteiger partial charge in [-0.3, -0.25) is 0 Å². The molecule has 32 heavy (non-hydrogen) atoms. The quantitative estimate of drug-likeness (QED) is 0.546. The van der Waals surface area contributed by atoms with Gasteiger partial charge in [0.2, 0.25) is 0 Å². The van der Waals surface area contributed by atoms with E-state index in [1.165, 1.54) is 25.7 Å². The lowest BCUT2D eigenvalue weighted by Crippen LogP contribution is -2.36. The van der Waals surface area contributed by atoms with Crippen molar-refractivity contribution in [1.29, 1.82) is 0 Å². The maximum absolute atomic E-state index is 6.05. The molecule has 8 heteroatoms. The predicted octanol–water partition coefficient (Wildman–Crippen LogP) is 2.76. The van der Waals surface area contributed by atoms with Crippen LogP contribution in [-0.4, -0.2) is 104 Å². The summed E-state index contributed by atoms with van der Waals surface area (Å²) in [6.07, 6.45) is 9.58. The molecule has 0 spiro atoms. The lowest BCUT2D eigenvalue weighted by atomic mass is 9.94. The molecule has 0 aromatic carbocycles. The SMILES string of the molecule is C1CC[C@H]2OCCOCCOCCO[C@@H]3CCCC[C@@H]3OCCOCCOCCO[C@H]2C1. The summed E-state index contributed by atoms with van der Waals surface area (Å²) < 4.78 is 46.8. The van der Waals surface area contributed by atoms with Crippen LogP contribution in [0.3, 0.4) is 0 Å². The summed E-state index contributed by atoms with van der Waals surface area (Å²) in [5, 5.41) is 0. The lowest BCUT2D eigenvalue weighted by Gasteiger charge is -2.31. The third kappa shape index (κ3) is 10.7. The van der Waals surface area contributed by atoms with Gasteiger partial charge in [0.15, 0.2) is 0 Å². The van der Waals surface area contributed by atoms with Gasteiger partial charge in [-0.25, -0.2) is 0 Å². The van der Waals surface area contributed by atoms with E-state index in [4.69, 9.17) is 37.9 Å². The first-order valence-corrected chi connectivity index (χ1v) is 12.7. The summed E-state index contributed by atoms with van der Waals surface area (Å²) in [5.41, 5.74) is 0. The molecule has 1 aliphatic heterocycles. The van der Waals surface area contributed by atoms with Gasteiger partial charge in [-0.2, -0.15) is 0 Å². The molecule has 0 radical (unpaired) electrons.